The van der Waals surface area contributed by atoms with Crippen LogP contribution in [0.15, 0.2) is 0 Å². The van der Waals surface area contributed by atoms with E-state index in [1.165, 1.54) is 0 Å². The minimum atomic E-state index is -0.202. The van der Waals surface area contributed by atoms with Crippen molar-refractivity contribution in [3.63, 3.8) is 0 Å². The van der Waals surface area contributed by atoms with Crippen molar-refractivity contribution in [1.29, 1.82) is 0 Å². The molecule has 2 aliphatic rings. The van der Waals surface area contributed by atoms with E-state index in [1.807, 2.05) is 4.57 Å². The first kappa shape index (κ1) is 19.4. The summed E-state index contributed by atoms with van der Waals surface area (Å²) in [5.41, 5.74) is 1.28. The Kier molecular flexibility index (Phi) is 6.13. The summed E-state index contributed by atoms with van der Waals surface area (Å²) in [6.07, 6.45) is 4.69. The van der Waals surface area contributed by atoms with E-state index < -0.39 is 0 Å². The third kappa shape index (κ3) is 4.14. The number of amides is 3. The number of carbonyl (C=O) groups excluding carboxylic acids is 3. The molecule has 148 valence electrons. The summed E-state index contributed by atoms with van der Waals surface area (Å²) in [4.78, 5) is 45.1. The molecule has 1 aromatic heterocycles. The van der Waals surface area contributed by atoms with E-state index in [-0.39, 0.29) is 17.7 Å². The smallest absolute Gasteiger partial charge is 0.287 e. The average Bonchev–Trinajstić information content (AvgIpc) is 3.07. The fraction of sp³-hybridized carbons (Fsp3) is 0.684. The molecule has 8 heteroatoms. The van der Waals surface area contributed by atoms with Gasteiger partial charge in [0.15, 0.2) is 5.82 Å². The van der Waals surface area contributed by atoms with Gasteiger partial charge in [-0.2, -0.15) is 0 Å². The zero-order chi connectivity index (χ0) is 19.4. The molecule has 3 heterocycles. The van der Waals surface area contributed by atoms with Gasteiger partial charge in [0.2, 0.25) is 5.91 Å². The fourth-order valence-electron chi connectivity index (χ4n) is 3.72. The molecule has 0 unspecified atom stereocenters. The fourth-order valence-corrected chi connectivity index (χ4v) is 3.72. The Morgan fingerprint density at radius 1 is 1.04 bits per heavy atom. The van der Waals surface area contributed by atoms with Crippen LogP contribution < -0.4 is 5.32 Å². The van der Waals surface area contributed by atoms with Crippen LogP contribution in [0.1, 0.15) is 66.3 Å². The van der Waals surface area contributed by atoms with Gasteiger partial charge >= 0.3 is 0 Å². The largest absolute Gasteiger partial charge is 0.349 e. The van der Waals surface area contributed by atoms with Crippen molar-refractivity contribution in [3.8, 4) is 0 Å². The van der Waals surface area contributed by atoms with Crippen LogP contribution in [-0.2, 0) is 17.8 Å². The summed E-state index contributed by atoms with van der Waals surface area (Å²) in [5, 5.41) is 2.91. The Bertz CT molecular complexity index is 719. The summed E-state index contributed by atoms with van der Waals surface area (Å²) in [6, 6.07) is 0. The minimum absolute atomic E-state index is 0.0347. The molecule has 3 rings (SSSR count). The van der Waals surface area contributed by atoms with Gasteiger partial charge in [-0.25, -0.2) is 4.98 Å². The van der Waals surface area contributed by atoms with E-state index in [2.05, 4.69) is 17.2 Å². The van der Waals surface area contributed by atoms with Crippen LogP contribution in [-0.4, -0.2) is 69.8 Å². The zero-order valence-corrected chi connectivity index (χ0v) is 16.3. The molecule has 0 aromatic carbocycles. The second-order valence-electron chi connectivity index (χ2n) is 7.25. The SMILES string of the molecule is CCCCNC(=O)c1nc(C(=O)N2CCN(C(C)=O)CC2)c2n1CCCC2. The zero-order valence-electron chi connectivity index (χ0n) is 16.3. The molecule has 1 N–H and O–H groups in total. The number of carbonyl (C=O) groups is 3. The van der Waals surface area contributed by atoms with Crippen molar-refractivity contribution in [2.45, 2.75) is 52.5 Å². The van der Waals surface area contributed by atoms with Gasteiger partial charge in [0.25, 0.3) is 11.8 Å². The first-order valence-electron chi connectivity index (χ1n) is 9.95. The van der Waals surface area contributed by atoms with E-state index in [0.717, 1.165) is 44.3 Å². The standard InChI is InChI=1S/C19H29N5O3/c1-3-4-8-20-18(26)17-21-16(15-7-5-6-9-24(15)17)19(27)23-12-10-22(11-13-23)14(2)25/h3-13H2,1-2H3,(H,20,26). The molecule has 1 aromatic rings. The number of piperazine rings is 1. The van der Waals surface area contributed by atoms with Gasteiger partial charge < -0.3 is 19.7 Å². The number of hydrogen-bond acceptors (Lipinski definition) is 4. The molecule has 27 heavy (non-hydrogen) atoms. The Morgan fingerprint density at radius 2 is 1.74 bits per heavy atom. The van der Waals surface area contributed by atoms with Crippen molar-refractivity contribution in [2.75, 3.05) is 32.7 Å². The van der Waals surface area contributed by atoms with Crippen molar-refractivity contribution in [3.05, 3.63) is 17.2 Å². The van der Waals surface area contributed by atoms with Gasteiger partial charge in [-0.1, -0.05) is 13.3 Å². The van der Waals surface area contributed by atoms with Crippen LogP contribution in [0.5, 0.6) is 0 Å². The first-order valence-corrected chi connectivity index (χ1v) is 9.95. The maximum absolute atomic E-state index is 13.1. The molecule has 0 atom stereocenters. The Balaban J connectivity index is 1.78. The Labute approximate surface area is 159 Å². The Morgan fingerprint density at radius 3 is 2.41 bits per heavy atom. The van der Waals surface area contributed by atoms with Crippen LogP contribution in [0.2, 0.25) is 0 Å². The molecule has 2 aliphatic heterocycles. The molecule has 1 saturated heterocycles. The molecular formula is C19H29N5O3. The van der Waals surface area contributed by atoms with E-state index in [4.69, 9.17) is 0 Å². The average molecular weight is 375 g/mol. The summed E-state index contributed by atoms with van der Waals surface area (Å²) in [7, 11) is 0. The van der Waals surface area contributed by atoms with E-state index >= 15 is 0 Å². The van der Waals surface area contributed by atoms with Crippen molar-refractivity contribution in [1.82, 2.24) is 24.7 Å². The predicted octanol–water partition coefficient (Wildman–Crippen LogP) is 1.05. The Hall–Kier alpha value is -2.38. The summed E-state index contributed by atoms with van der Waals surface area (Å²) in [6.45, 7) is 7.06. The van der Waals surface area contributed by atoms with E-state index in [1.54, 1.807) is 16.7 Å². The molecule has 0 saturated carbocycles. The van der Waals surface area contributed by atoms with Crippen LogP contribution in [0.3, 0.4) is 0 Å². The summed E-state index contributed by atoms with van der Waals surface area (Å²) >= 11 is 0. The lowest BCUT2D eigenvalue weighted by Crippen LogP contribution is -2.50. The molecule has 3 amide bonds. The van der Waals surface area contributed by atoms with Gasteiger partial charge in [0, 0.05) is 46.2 Å². The highest BCUT2D eigenvalue weighted by Crippen LogP contribution is 2.23. The summed E-state index contributed by atoms with van der Waals surface area (Å²) < 4.78 is 1.92. The van der Waals surface area contributed by atoms with Crippen molar-refractivity contribution >= 4 is 17.7 Å². The molecule has 0 bridgehead atoms. The number of imidazole rings is 1. The van der Waals surface area contributed by atoms with Gasteiger partial charge in [-0.05, 0) is 25.7 Å². The van der Waals surface area contributed by atoms with Crippen molar-refractivity contribution in [2.24, 2.45) is 0 Å². The number of hydrogen-bond donors (Lipinski definition) is 1. The number of aromatic nitrogens is 2. The number of nitrogens with one attached hydrogen (secondary N) is 1. The highest BCUT2D eigenvalue weighted by atomic mass is 16.2. The maximum atomic E-state index is 13.1. The van der Waals surface area contributed by atoms with Crippen LogP contribution in [0.25, 0.3) is 0 Å². The topological polar surface area (TPSA) is 87.5 Å². The molecule has 1 fully saturated rings. The molecule has 0 spiro atoms. The highest BCUT2D eigenvalue weighted by Gasteiger charge is 2.31. The van der Waals surface area contributed by atoms with Gasteiger partial charge in [-0.15, -0.1) is 0 Å². The molecular weight excluding hydrogens is 346 g/mol. The highest BCUT2D eigenvalue weighted by molar-refractivity contribution is 5.97. The second kappa shape index (κ2) is 8.54. The second-order valence-corrected chi connectivity index (χ2v) is 7.25. The monoisotopic (exact) mass is 375 g/mol. The maximum Gasteiger partial charge on any atom is 0.287 e. The quantitative estimate of drug-likeness (QED) is 0.780. The van der Waals surface area contributed by atoms with E-state index in [9.17, 15) is 14.4 Å². The predicted molar refractivity (Wildman–Crippen MR) is 101 cm³/mol. The van der Waals surface area contributed by atoms with Crippen molar-refractivity contribution < 1.29 is 14.4 Å². The lowest BCUT2D eigenvalue weighted by atomic mass is 10.1. The van der Waals surface area contributed by atoms with Crippen LogP contribution in [0.4, 0.5) is 0 Å². The van der Waals surface area contributed by atoms with Gasteiger partial charge in [-0.3, -0.25) is 14.4 Å². The number of rotatable bonds is 5. The molecule has 8 nitrogen and oxygen atoms in total. The lowest BCUT2D eigenvalue weighted by Gasteiger charge is -2.34. The molecule has 0 aliphatic carbocycles. The van der Waals surface area contributed by atoms with Crippen LogP contribution >= 0.6 is 0 Å². The number of nitrogens with zero attached hydrogens (tertiary/aromatic N) is 4. The number of fused-ring (bicyclic) bond motifs is 1. The molecule has 0 radical (unpaired) electrons. The van der Waals surface area contributed by atoms with E-state index in [0.29, 0.717) is 44.2 Å². The normalized spacial score (nSPS) is 16.8. The van der Waals surface area contributed by atoms with Crippen LogP contribution in [0, 0.1) is 0 Å². The summed E-state index contributed by atoms with van der Waals surface area (Å²) in [5.74, 6) is 0.0579. The third-order valence-electron chi connectivity index (χ3n) is 5.35. The first-order chi connectivity index (χ1) is 13.0. The van der Waals surface area contributed by atoms with Gasteiger partial charge in [0.05, 0.1) is 5.69 Å². The minimum Gasteiger partial charge on any atom is -0.349 e. The number of unbranched alkanes of at least 4 members (excludes halogenated alkanes) is 1. The van der Waals surface area contributed by atoms with Gasteiger partial charge in [0.1, 0.15) is 5.69 Å². The third-order valence-corrected chi connectivity index (χ3v) is 5.35. The lowest BCUT2D eigenvalue weighted by molar-refractivity contribution is -0.130.